The molecule has 1 aromatic carbocycles. The highest BCUT2D eigenvalue weighted by molar-refractivity contribution is 5.77. The summed E-state index contributed by atoms with van der Waals surface area (Å²) >= 11 is 0. The number of nitrogens with two attached hydrogens (primary N) is 1. The maximum Gasteiger partial charge on any atom is 0.277 e. The number of hydrogen-bond donors (Lipinski definition) is 2. The molecule has 0 unspecified atom stereocenters. The molecule has 0 fully saturated rings. The van der Waals surface area contributed by atoms with E-state index in [1.54, 1.807) is 0 Å². The Morgan fingerprint density at radius 3 is 2.57 bits per heavy atom. The van der Waals surface area contributed by atoms with Gasteiger partial charge in [-0.1, -0.05) is 0 Å². The summed E-state index contributed by atoms with van der Waals surface area (Å²) in [6, 6.07) is 2.63. The van der Waals surface area contributed by atoms with Crippen LogP contribution in [0.5, 0.6) is 11.5 Å². The number of nitrogens with zero attached hydrogens (tertiary/aromatic N) is 1. The molecule has 1 amide bonds. The fraction of sp³-hybridized carbons (Fsp3) is 0.462. The Labute approximate surface area is 122 Å². The number of carbonyl (C=O) groups is 1. The Hall–Kier alpha value is -2.35. The summed E-state index contributed by atoms with van der Waals surface area (Å²) in [6.45, 7) is 3.38. The van der Waals surface area contributed by atoms with Gasteiger partial charge in [0.05, 0.1) is 18.1 Å². The van der Waals surface area contributed by atoms with E-state index in [0.29, 0.717) is 11.3 Å². The fourth-order valence-corrected chi connectivity index (χ4v) is 1.70. The van der Waals surface area contributed by atoms with Crippen molar-refractivity contribution in [1.29, 1.82) is 0 Å². The lowest BCUT2D eigenvalue weighted by atomic mass is 10.1. The van der Waals surface area contributed by atoms with Crippen LogP contribution in [0.1, 0.15) is 19.4 Å². The first-order valence-corrected chi connectivity index (χ1v) is 6.36. The van der Waals surface area contributed by atoms with Gasteiger partial charge in [0.2, 0.25) is 0 Å². The van der Waals surface area contributed by atoms with Gasteiger partial charge in [-0.2, -0.15) is 0 Å². The zero-order valence-electron chi connectivity index (χ0n) is 12.2. The number of ether oxygens (including phenoxy) is 2. The molecule has 0 saturated heterocycles. The van der Waals surface area contributed by atoms with E-state index in [2.05, 4.69) is 5.32 Å². The topological polar surface area (TPSA) is 117 Å². The molecule has 8 nitrogen and oxygen atoms in total. The van der Waals surface area contributed by atoms with Gasteiger partial charge < -0.3 is 20.5 Å². The number of hydrogen-bond acceptors (Lipinski definition) is 6. The summed E-state index contributed by atoms with van der Waals surface area (Å²) < 4.78 is 10.4. The number of nitro benzene ring substituents is 1. The molecule has 0 aliphatic carbocycles. The van der Waals surface area contributed by atoms with Crippen molar-refractivity contribution in [3.63, 3.8) is 0 Å². The van der Waals surface area contributed by atoms with Crippen molar-refractivity contribution in [2.24, 2.45) is 5.73 Å². The Morgan fingerprint density at radius 2 is 2.10 bits per heavy atom. The molecule has 0 aliphatic heterocycles. The van der Waals surface area contributed by atoms with Crippen LogP contribution in [0.2, 0.25) is 0 Å². The molecule has 0 spiro atoms. The maximum absolute atomic E-state index is 11.5. The molecule has 0 bridgehead atoms. The summed E-state index contributed by atoms with van der Waals surface area (Å²) in [5.74, 6) is 0.0938. The SMILES string of the molecule is COc1cc(CN)c([N+](=O)[O-])cc1OCC(=O)NC(C)C. The molecule has 0 radical (unpaired) electrons. The molecule has 8 heteroatoms. The molecule has 1 rings (SSSR count). The number of methoxy groups -OCH3 is 1. The van der Waals surface area contributed by atoms with Crippen LogP contribution in [0.15, 0.2) is 12.1 Å². The van der Waals surface area contributed by atoms with E-state index in [-0.39, 0.29) is 36.5 Å². The van der Waals surface area contributed by atoms with Crippen molar-refractivity contribution >= 4 is 11.6 Å². The molecule has 1 aromatic rings. The van der Waals surface area contributed by atoms with Gasteiger partial charge in [0.15, 0.2) is 18.1 Å². The van der Waals surface area contributed by atoms with Crippen molar-refractivity contribution in [1.82, 2.24) is 5.32 Å². The first kappa shape index (κ1) is 16.7. The minimum Gasteiger partial charge on any atom is -0.493 e. The summed E-state index contributed by atoms with van der Waals surface area (Å²) in [4.78, 5) is 22.0. The van der Waals surface area contributed by atoms with Gasteiger partial charge in [0.1, 0.15) is 0 Å². The van der Waals surface area contributed by atoms with Gasteiger partial charge in [-0.3, -0.25) is 14.9 Å². The number of carbonyl (C=O) groups excluding carboxylic acids is 1. The quantitative estimate of drug-likeness (QED) is 0.572. The average Bonchev–Trinajstić information content (AvgIpc) is 2.43. The van der Waals surface area contributed by atoms with Crippen LogP contribution in [0.4, 0.5) is 5.69 Å². The summed E-state index contributed by atoms with van der Waals surface area (Å²) in [5.41, 5.74) is 5.63. The molecular weight excluding hydrogens is 278 g/mol. The zero-order valence-corrected chi connectivity index (χ0v) is 12.2. The van der Waals surface area contributed by atoms with E-state index in [1.165, 1.54) is 19.2 Å². The molecule has 0 heterocycles. The van der Waals surface area contributed by atoms with Crippen molar-refractivity contribution < 1.29 is 19.2 Å². The smallest absolute Gasteiger partial charge is 0.277 e. The third-order valence-corrected chi connectivity index (χ3v) is 2.59. The average molecular weight is 297 g/mol. The molecule has 116 valence electrons. The van der Waals surface area contributed by atoms with E-state index in [4.69, 9.17) is 15.2 Å². The van der Waals surface area contributed by atoms with Crippen LogP contribution in [-0.4, -0.2) is 30.6 Å². The molecule has 0 atom stereocenters. The molecular formula is C13H19N3O5. The predicted molar refractivity (Wildman–Crippen MR) is 76.3 cm³/mol. The number of benzene rings is 1. The van der Waals surface area contributed by atoms with E-state index >= 15 is 0 Å². The van der Waals surface area contributed by atoms with E-state index in [1.807, 2.05) is 13.8 Å². The lowest BCUT2D eigenvalue weighted by Crippen LogP contribution is -2.34. The van der Waals surface area contributed by atoms with E-state index in [0.717, 1.165) is 0 Å². The standard InChI is InChI=1S/C13H19N3O5/c1-8(2)15-13(17)7-21-12-5-10(16(18)19)9(6-14)4-11(12)20-3/h4-5,8H,6-7,14H2,1-3H3,(H,15,17). The largest absolute Gasteiger partial charge is 0.493 e. The minimum atomic E-state index is -0.553. The van der Waals surface area contributed by atoms with E-state index in [9.17, 15) is 14.9 Å². The van der Waals surface area contributed by atoms with Crippen LogP contribution < -0.4 is 20.5 Å². The Morgan fingerprint density at radius 1 is 1.43 bits per heavy atom. The number of amides is 1. The summed E-state index contributed by atoms with van der Waals surface area (Å²) in [5, 5.41) is 13.6. The Kier molecular flexibility index (Phi) is 5.92. The van der Waals surface area contributed by atoms with Gasteiger partial charge in [0.25, 0.3) is 11.6 Å². The maximum atomic E-state index is 11.5. The highest BCUT2D eigenvalue weighted by Gasteiger charge is 2.19. The van der Waals surface area contributed by atoms with Gasteiger partial charge in [-0.25, -0.2) is 0 Å². The second kappa shape index (κ2) is 7.44. The first-order valence-electron chi connectivity index (χ1n) is 6.36. The third-order valence-electron chi connectivity index (χ3n) is 2.59. The second-order valence-corrected chi connectivity index (χ2v) is 4.60. The lowest BCUT2D eigenvalue weighted by Gasteiger charge is -2.13. The minimum absolute atomic E-state index is 0.000783. The monoisotopic (exact) mass is 297 g/mol. The fourth-order valence-electron chi connectivity index (χ4n) is 1.70. The second-order valence-electron chi connectivity index (χ2n) is 4.60. The zero-order chi connectivity index (χ0) is 16.0. The lowest BCUT2D eigenvalue weighted by molar-refractivity contribution is -0.385. The van der Waals surface area contributed by atoms with Gasteiger partial charge in [-0.05, 0) is 19.9 Å². The highest BCUT2D eigenvalue weighted by Crippen LogP contribution is 2.34. The van der Waals surface area contributed by atoms with Crippen LogP contribution in [0.3, 0.4) is 0 Å². The number of nitro groups is 1. The summed E-state index contributed by atoms with van der Waals surface area (Å²) in [6.07, 6.45) is 0. The molecule has 0 aromatic heterocycles. The third kappa shape index (κ3) is 4.60. The van der Waals surface area contributed by atoms with E-state index < -0.39 is 4.92 Å². The van der Waals surface area contributed by atoms with Crippen molar-refractivity contribution in [2.45, 2.75) is 26.4 Å². The first-order chi connectivity index (χ1) is 9.88. The predicted octanol–water partition coefficient (Wildman–Crippen LogP) is 0.965. The van der Waals surface area contributed by atoms with Crippen LogP contribution in [0.25, 0.3) is 0 Å². The van der Waals surface area contributed by atoms with Crippen molar-refractivity contribution in [3.05, 3.63) is 27.8 Å². The van der Waals surface area contributed by atoms with Gasteiger partial charge >= 0.3 is 0 Å². The number of nitrogens with one attached hydrogen (secondary N) is 1. The van der Waals surface area contributed by atoms with Gasteiger partial charge in [0, 0.05) is 18.2 Å². The highest BCUT2D eigenvalue weighted by atomic mass is 16.6. The Bertz CT molecular complexity index is 531. The molecule has 21 heavy (non-hydrogen) atoms. The van der Waals surface area contributed by atoms with Crippen LogP contribution >= 0.6 is 0 Å². The van der Waals surface area contributed by atoms with Crippen molar-refractivity contribution in [3.8, 4) is 11.5 Å². The van der Waals surface area contributed by atoms with Crippen LogP contribution in [-0.2, 0) is 11.3 Å². The number of rotatable bonds is 7. The normalized spacial score (nSPS) is 10.3. The van der Waals surface area contributed by atoms with Crippen molar-refractivity contribution in [2.75, 3.05) is 13.7 Å². The summed E-state index contributed by atoms with van der Waals surface area (Å²) in [7, 11) is 1.41. The molecule has 3 N–H and O–H groups in total. The van der Waals surface area contributed by atoms with Crippen LogP contribution in [0, 0.1) is 10.1 Å². The molecule has 0 saturated carbocycles. The van der Waals surface area contributed by atoms with Gasteiger partial charge in [-0.15, -0.1) is 0 Å². The Balaban J connectivity index is 2.97. The molecule has 0 aliphatic rings.